The monoisotopic (exact) mass is 281 g/mol. The van der Waals surface area contributed by atoms with Crippen molar-refractivity contribution >= 4 is 11.7 Å². The maximum absolute atomic E-state index is 12.7. The van der Waals surface area contributed by atoms with E-state index in [-0.39, 0.29) is 22.4 Å². The number of carboxylic acid groups (broad SMARTS) is 1. The van der Waals surface area contributed by atoms with Crippen molar-refractivity contribution in [2.24, 2.45) is 0 Å². The second-order valence-corrected chi connectivity index (χ2v) is 4.15. The van der Waals surface area contributed by atoms with Gasteiger partial charge in [0.15, 0.2) is 0 Å². The molecule has 2 aromatic rings. The van der Waals surface area contributed by atoms with Crippen LogP contribution in [0.1, 0.15) is 15.9 Å². The first-order valence-electron chi connectivity index (χ1n) is 5.60. The van der Waals surface area contributed by atoms with E-state index in [4.69, 9.17) is 10.8 Å². The quantitative estimate of drug-likeness (QED) is 0.826. The van der Waals surface area contributed by atoms with Crippen LogP contribution in [0.25, 0.3) is 11.1 Å². The summed E-state index contributed by atoms with van der Waals surface area (Å²) in [4.78, 5) is 11.0. The fourth-order valence-corrected chi connectivity index (χ4v) is 1.87. The van der Waals surface area contributed by atoms with Gasteiger partial charge in [-0.05, 0) is 23.8 Å². The lowest BCUT2D eigenvalue weighted by atomic mass is 9.98. The maximum atomic E-state index is 12.7. The van der Waals surface area contributed by atoms with Crippen LogP contribution in [-0.2, 0) is 6.18 Å². The van der Waals surface area contributed by atoms with E-state index >= 15 is 0 Å². The summed E-state index contributed by atoms with van der Waals surface area (Å²) in [6.07, 6.45) is -4.46. The standard InChI is InChI=1S/C14H10F3NO2/c15-14(16,17)9-4-1-3-8(7-9)10-5-2-6-11(12(10)18)13(19)20/h1-7H,18H2,(H,19,20). The van der Waals surface area contributed by atoms with Crippen molar-refractivity contribution in [1.82, 2.24) is 0 Å². The molecular formula is C14H10F3NO2. The molecule has 2 rings (SSSR count). The Morgan fingerprint density at radius 1 is 1.10 bits per heavy atom. The number of hydrogen-bond acceptors (Lipinski definition) is 2. The van der Waals surface area contributed by atoms with Gasteiger partial charge in [0.25, 0.3) is 0 Å². The molecule has 0 saturated heterocycles. The van der Waals surface area contributed by atoms with E-state index in [1.54, 1.807) is 0 Å². The van der Waals surface area contributed by atoms with E-state index in [9.17, 15) is 18.0 Å². The van der Waals surface area contributed by atoms with Crippen LogP contribution < -0.4 is 5.73 Å². The van der Waals surface area contributed by atoms with Crippen LogP contribution >= 0.6 is 0 Å². The summed E-state index contributed by atoms with van der Waals surface area (Å²) in [7, 11) is 0. The number of carboxylic acids is 1. The Hall–Kier alpha value is -2.50. The van der Waals surface area contributed by atoms with Crippen LogP contribution in [0.3, 0.4) is 0 Å². The van der Waals surface area contributed by atoms with Gasteiger partial charge in [0.05, 0.1) is 16.8 Å². The lowest BCUT2D eigenvalue weighted by Gasteiger charge is -2.11. The molecule has 6 heteroatoms. The van der Waals surface area contributed by atoms with Gasteiger partial charge in [-0.15, -0.1) is 0 Å². The summed E-state index contributed by atoms with van der Waals surface area (Å²) >= 11 is 0. The third kappa shape index (κ3) is 2.59. The first-order valence-corrected chi connectivity index (χ1v) is 5.60. The maximum Gasteiger partial charge on any atom is 0.416 e. The number of nitrogens with two attached hydrogens (primary N) is 1. The molecule has 2 aromatic carbocycles. The molecule has 0 aromatic heterocycles. The Balaban J connectivity index is 2.58. The summed E-state index contributed by atoms with van der Waals surface area (Å²) in [5.41, 5.74) is 5.19. The number of alkyl halides is 3. The zero-order valence-corrected chi connectivity index (χ0v) is 10.1. The second-order valence-electron chi connectivity index (χ2n) is 4.15. The predicted molar refractivity (Wildman–Crippen MR) is 68.3 cm³/mol. The SMILES string of the molecule is Nc1c(C(=O)O)cccc1-c1cccc(C(F)(F)F)c1. The number of carbonyl (C=O) groups is 1. The van der Waals surface area contributed by atoms with Gasteiger partial charge in [0, 0.05) is 5.56 Å². The number of aromatic carboxylic acids is 1. The van der Waals surface area contributed by atoms with Crippen molar-refractivity contribution in [2.75, 3.05) is 5.73 Å². The molecule has 0 heterocycles. The van der Waals surface area contributed by atoms with Crippen LogP contribution in [0, 0.1) is 0 Å². The minimum Gasteiger partial charge on any atom is -0.478 e. The van der Waals surface area contributed by atoms with Crippen LogP contribution in [0.15, 0.2) is 42.5 Å². The molecule has 0 aliphatic heterocycles. The highest BCUT2D eigenvalue weighted by molar-refractivity contribution is 5.98. The molecule has 0 aliphatic carbocycles. The van der Waals surface area contributed by atoms with E-state index in [1.165, 1.54) is 30.3 Å². The highest BCUT2D eigenvalue weighted by Gasteiger charge is 2.30. The van der Waals surface area contributed by atoms with Crippen molar-refractivity contribution < 1.29 is 23.1 Å². The normalized spacial score (nSPS) is 11.3. The number of rotatable bonds is 2. The molecule has 0 aliphatic rings. The Morgan fingerprint density at radius 2 is 1.75 bits per heavy atom. The molecule has 3 N–H and O–H groups in total. The molecule has 20 heavy (non-hydrogen) atoms. The first kappa shape index (κ1) is 13.9. The van der Waals surface area contributed by atoms with E-state index in [1.807, 2.05) is 0 Å². The van der Waals surface area contributed by atoms with E-state index in [2.05, 4.69) is 0 Å². The Morgan fingerprint density at radius 3 is 2.35 bits per heavy atom. The van der Waals surface area contributed by atoms with Crippen LogP contribution in [0.2, 0.25) is 0 Å². The highest BCUT2D eigenvalue weighted by Crippen LogP contribution is 2.34. The van der Waals surface area contributed by atoms with Gasteiger partial charge in [-0.3, -0.25) is 0 Å². The Kier molecular flexibility index (Phi) is 3.40. The van der Waals surface area contributed by atoms with Crippen molar-refractivity contribution in [2.45, 2.75) is 6.18 Å². The summed E-state index contributed by atoms with van der Waals surface area (Å²) in [6.45, 7) is 0. The zero-order valence-electron chi connectivity index (χ0n) is 10.1. The van der Waals surface area contributed by atoms with Gasteiger partial charge in [-0.2, -0.15) is 13.2 Å². The molecule has 0 atom stereocenters. The molecule has 3 nitrogen and oxygen atoms in total. The number of halogens is 3. The summed E-state index contributed by atoms with van der Waals surface area (Å²) in [5, 5.41) is 8.96. The Labute approximate surface area is 112 Å². The molecule has 0 amide bonds. The van der Waals surface area contributed by atoms with Crippen molar-refractivity contribution in [3.8, 4) is 11.1 Å². The van der Waals surface area contributed by atoms with Gasteiger partial charge in [0.1, 0.15) is 0 Å². The van der Waals surface area contributed by atoms with Gasteiger partial charge in [-0.1, -0.05) is 24.3 Å². The number of hydrogen-bond donors (Lipinski definition) is 2. The molecule has 104 valence electrons. The molecule has 0 saturated carbocycles. The van der Waals surface area contributed by atoms with Crippen LogP contribution in [-0.4, -0.2) is 11.1 Å². The number of para-hydroxylation sites is 1. The number of anilines is 1. The average Bonchev–Trinajstić information content (AvgIpc) is 2.38. The summed E-state index contributed by atoms with van der Waals surface area (Å²) < 4.78 is 38.0. The van der Waals surface area contributed by atoms with Gasteiger partial charge in [0.2, 0.25) is 0 Å². The van der Waals surface area contributed by atoms with E-state index in [0.717, 1.165) is 12.1 Å². The van der Waals surface area contributed by atoms with Crippen molar-refractivity contribution in [3.63, 3.8) is 0 Å². The third-order valence-corrected chi connectivity index (χ3v) is 2.84. The fraction of sp³-hybridized carbons (Fsp3) is 0.0714. The van der Waals surface area contributed by atoms with Gasteiger partial charge < -0.3 is 10.8 Å². The Bertz CT molecular complexity index is 666. The molecule has 0 spiro atoms. The van der Waals surface area contributed by atoms with Gasteiger partial charge in [-0.25, -0.2) is 4.79 Å². The molecule has 0 fully saturated rings. The van der Waals surface area contributed by atoms with E-state index < -0.39 is 17.7 Å². The van der Waals surface area contributed by atoms with Crippen LogP contribution in [0.4, 0.5) is 18.9 Å². The summed E-state index contributed by atoms with van der Waals surface area (Å²) in [6, 6.07) is 8.82. The summed E-state index contributed by atoms with van der Waals surface area (Å²) in [5.74, 6) is -1.23. The minimum absolute atomic E-state index is 0.0562. The lowest BCUT2D eigenvalue weighted by molar-refractivity contribution is -0.137. The average molecular weight is 281 g/mol. The van der Waals surface area contributed by atoms with Crippen molar-refractivity contribution in [1.29, 1.82) is 0 Å². The van der Waals surface area contributed by atoms with Gasteiger partial charge >= 0.3 is 12.1 Å². The molecule has 0 radical (unpaired) electrons. The van der Waals surface area contributed by atoms with E-state index in [0.29, 0.717) is 0 Å². The highest BCUT2D eigenvalue weighted by atomic mass is 19.4. The fourth-order valence-electron chi connectivity index (χ4n) is 1.87. The topological polar surface area (TPSA) is 63.3 Å². The number of nitrogen functional groups attached to an aromatic ring is 1. The first-order chi connectivity index (χ1) is 9.30. The molecule has 0 unspecified atom stereocenters. The predicted octanol–water partition coefficient (Wildman–Crippen LogP) is 3.65. The lowest BCUT2D eigenvalue weighted by Crippen LogP contribution is -2.06. The van der Waals surface area contributed by atoms with Crippen LogP contribution in [0.5, 0.6) is 0 Å². The molecular weight excluding hydrogens is 271 g/mol. The zero-order chi connectivity index (χ0) is 14.9. The largest absolute Gasteiger partial charge is 0.478 e. The smallest absolute Gasteiger partial charge is 0.416 e. The molecule has 0 bridgehead atoms. The second kappa shape index (κ2) is 4.88. The minimum atomic E-state index is -4.46. The number of benzene rings is 2. The third-order valence-electron chi connectivity index (χ3n) is 2.84. The van der Waals surface area contributed by atoms with Crippen molar-refractivity contribution in [3.05, 3.63) is 53.6 Å².